The smallest absolute Gasteiger partial charge is 0.341 e. The van der Waals surface area contributed by atoms with Crippen LogP contribution in [0, 0.1) is 0 Å². The summed E-state index contributed by atoms with van der Waals surface area (Å²) >= 11 is 8.38. The van der Waals surface area contributed by atoms with Gasteiger partial charge in [-0.05, 0) is 80.7 Å². The van der Waals surface area contributed by atoms with E-state index in [0.717, 1.165) is 53.9 Å². The predicted molar refractivity (Wildman–Crippen MR) is 154 cm³/mol. The highest BCUT2D eigenvalue weighted by molar-refractivity contribution is 8.00. The van der Waals surface area contributed by atoms with Gasteiger partial charge in [0, 0.05) is 21.1 Å². The standard InChI is InChI=1S/C27H29N3O3S3/c1-17(24(31)30-25-23(26(32)33-2)21-14-7-4-8-15-22(21)36-25)35-20-13-9-12-19(16-20)29-27(34)28-18-10-5-3-6-11-18/h3,5-6,9-13,16-17H,4,7-8,14-15H2,1-2H3,(H,30,31)(H2,28,29,34). The van der Waals surface area contributed by atoms with Crippen molar-refractivity contribution in [2.75, 3.05) is 23.1 Å². The van der Waals surface area contributed by atoms with E-state index in [0.29, 0.717) is 15.7 Å². The number of nitrogens with one attached hydrogen (secondary N) is 3. The Hall–Kier alpha value is -2.88. The first-order chi connectivity index (χ1) is 17.4. The highest BCUT2D eigenvalue weighted by atomic mass is 32.2. The maximum absolute atomic E-state index is 13.1. The zero-order chi connectivity index (χ0) is 25.5. The average Bonchev–Trinajstić information content (AvgIpc) is 3.04. The van der Waals surface area contributed by atoms with E-state index in [2.05, 4.69) is 16.0 Å². The third-order valence-corrected chi connectivity index (χ3v) is 8.36. The van der Waals surface area contributed by atoms with Gasteiger partial charge >= 0.3 is 5.97 Å². The van der Waals surface area contributed by atoms with Gasteiger partial charge in [-0.1, -0.05) is 30.7 Å². The Morgan fingerprint density at radius 1 is 0.972 bits per heavy atom. The van der Waals surface area contributed by atoms with Gasteiger partial charge in [0.25, 0.3) is 0 Å². The molecule has 0 bridgehead atoms. The van der Waals surface area contributed by atoms with E-state index in [1.807, 2.05) is 61.5 Å². The third-order valence-electron chi connectivity index (χ3n) is 5.85. The summed E-state index contributed by atoms with van der Waals surface area (Å²) in [6.07, 6.45) is 5.07. The van der Waals surface area contributed by atoms with Crippen LogP contribution in [-0.4, -0.2) is 29.3 Å². The number of ether oxygens (including phenoxy) is 1. The second-order valence-corrected chi connectivity index (χ2v) is 11.4. The largest absolute Gasteiger partial charge is 0.465 e. The number of rotatable bonds is 7. The van der Waals surface area contributed by atoms with Gasteiger partial charge in [-0.15, -0.1) is 23.1 Å². The number of fused-ring (bicyclic) bond motifs is 1. The minimum Gasteiger partial charge on any atom is -0.465 e. The summed E-state index contributed by atoms with van der Waals surface area (Å²) in [7, 11) is 1.38. The lowest BCUT2D eigenvalue weighted by atomic mass is 10.1. The quantitative estimate of drug-likeness (QED) is 0.133. The Morgan fingerprint density at radius 2 is 1.69 bits per heavy atom. The van der Waals surface area contributed by atoms with Crippen LogP contribution >= 0.6 is 35.3 Å². The van der Waals surface area contributed by atoms with E-state index >= 15 is 0 Å². The van der Waals surface area contributed by atoms with Crippen LogP contribution in [0.1, 0.15) is 47.0 Å². The number of hydrogen-bond acceptors (Lipinski definition) is 6. The maximum atomic E-state index is 13.1. The lowest BCUT2D eigenvalue weighted by Crippen LogP contribution is -2.23. The number of benzene rings is 2. The fourth-order valence-corrected chi connectivity index (χ4v) is 6.52. The first kappa shape index (κ1) is 26.2. The molecule has 188 valence electrons. The van der Waals surface area contributed by atoms with Crippen LogP contribution in [0.15, 0.2) is 59.5 Å². The molecule has 1 atom stereocenters. The topological polar surface area (TPSA) is 79.5 Å². The molecular weight excluding hydrogens is 511 g/mol. The van der Waals surface area contributed by atoms with Gasteiger partial charge in [0.05, 0.1) is 17.9 Å². The lowest BCUT2D eigenvalue weighted by Gasteiger charge is -2.14. The van der Waals surface area contributed by atoms with Crippen molar-refractivity contribution in [1.29, 1.82) is 0 Å². The Morgan fingerprint density at radius 3 is 2.47 bits per heavy atom. The maximum Gasteiger partial charge on any atom is 0.341 e. The molecular formula is C27H29N3O3S3. The molecule has 6 nitrogen and oxygen atoms in total. The number of carbonyl (C=O) groups excluding carboxylic acids is 2. The van der Waals surface area contributed by atoms with Gasteiger partial charge in [0.1, 0.15) is 5.00 Å². The van der Waals surface area contributed by atoms with E-state index in [-0.39, 0.29) is 17.1 Å². The van der Waals surface area contributed by atoms with Crippen molar-refractivity contribution in [3.8, 4) is 0 Å². The highest BCUT2D eigenvalue weighted by Gasteiger charge is 2.27. The number of para-hydroxylation sites is 1. The van der Waals surface area contributed by atoms with Gasteiger partial charge in [-0.2, -0.15) is 0 Å². The number of thiophene rings is 1. The Bertz CT molecular complexity index is 1240. The van der Waals surface area contributed by atoms with Crippen molar-refractivity contribution in [2.24, 2.45) is 0 Å². The van der Waals surface area contributed by atoms with Crippen molar-refractivity contribution in [2.45, 2.75) is 49.2 Å². The van der Waals surface area contributed by atoms with Crippen LogP contribution in [0.5, 0.6) is 0 Å². The number of thioether (sulfide) groups is 1. The monoisotopic (exact) mass is 539 g/mol. The number of amides is 1. The summed E-state index contributed by atoms with van der Waals surface area (Å²) in [6, 6.07) is 17.5. The number of esters is 1. The van der Waals surface area contributed by atoms with E-state index in [9.17, 15) is 9.59 Å². The van der Waals surface area contributed by atoms with Crippen LogP contribution in [0.25, 0.3) is 0 Å². The molecule has 1 aromatic heterocycles. The summed E-state index contributed by atoms with van der Waals surface area (Å²) in [5.74, 6) is -0.537. The van der Waals surface area contributed by atoms with Gasteiger partial charge in [-0.3, -0.25) is 4.79 Å². The molecule has 1 aliphatic carbocycles. The molecule has 4 rings (SSSR count). The van der Waals surface area contributed by atoms with Crippen molar-refractivity contribution < 1.29 is 14.3 Å². The fraction of sp³-hybridized carbons (Fsp3) is 0.296. The van der Waals surface area contributed by atoms with Crippen LogP contribution in [0.4, 0.5) is 16.4 Å². The molecule has 0 spiro atoms. The molecule has 3 aromatic rings. The molecule has 2 aromatic carbocycles. The minimum atomic E-state index is -0.385. The van der Waals surface area contributed by atoms with Crippen LogP contribution in [-0.2, 0) is 22.4 Å². The number of hydrogen-bond donors (Lipinski definition) is 3. The van der Waals surface area contributed by atoms with Crippen molar-refractivity contribution in [3.63, 3.8) is 0 Å². The third kappa shape index (κ3) is 6.66. The molecule has 0 saturated carbocycles. The molecule has 0 aliphatic heterocycles. The minimum absolute atomic E-state index is 0.152. The Labute approximate surface area is 225 Å². The second-order valence-electron chi connectivity index (χ2n) is 8.48. The van der Waals surface area contributed by atoms with E-state index in [4.69, 9.17) is 17.0 Å². The molecule has 1 unspecified atom stereocenters. The molecule has 1 heterocycles. The second kappa shape index (κ2) is 12.4. The van der Waals surface area contributed by atoms with Gasteiger partial charge in [-0.25, -0.2) is 4.79 Å². The SMILES string of the molecule is COC(=O)c1c(NC(=O)C(C)Sc2cccc(NC(=S)Nc3ccccc3)c2)sc2c1CCCCC2. The predicted octanol–water partition coefficient (Wildman–Crippen LogP) is 6.73. The first-order valence-corrected chi connectivity index (χ1v) is 14.0. The number of aryl methyl sites for hydroxylation is 1. The number of anilines is 3. The molecule has 9 heteroatoms. The average molecular weight is 540 g/mol. The zero-order valence-electron chi connectivity index (χ0n) is 20.3. The van der Waals surface area contributed by atoms with E-state index in [1.165, 1.54) is 35.1 Å². The summed E-state index contributed by atoms with van der Waals surface area (Å²) in [4.78, 5) is 27.8. The molecule has 36 heavy (non-hydrogen) atoms. The summed E-state index contributed by atoms with van der Waals surface area (Å²) in [6.45, 7) is 1.86. The summed E-state index contributed by atoms with van der Waals surface area (Å²) in [5.41, 5.74) is 3.30. The Balaban J connectivity index is 1.41. The lowest BCUT2D eigenvalue weighted by molar-refractivity contribution is -0.115. The summed E-state index contributed by atoms with van der Waals surface area (Å²) in [5, 5.41) is 10.1. The van der Waals surface area contributed by atoms with Gasteiger partial charge < -0.3 is 20.7 Å². The van der Waals surface area contributed by atoms with E-state index < -0.39 is 0 Å². The number of thiocarbonyl (C=S) groups is 1. The van der Waals surface area contributed by atoms with Gasteiger partial charge in [0.2, 0.25) is 5.91 Å². The normalized spacial score (nSPS) is 13.6. The van der Waals surface area contributed by atoms with Crippen molar-refractivity contribution in [3.05, 3.63) is 70.6 Å². The number of carbonyl (C=O) groups is 2. The molecule has 1 aliphatic rings. The van der Waals surface area contributed by atoms with Crippen LogP contribution in [0.3, 0.4) is 0 Å². The summed E-state index contributed by atoms with van der Waals surface area (Å²) < 4.78 is 5.05. The molecule has 0 saturated heterocycles. The van der Waals surface area contributed by atoms with Crippen LogP contribution < -0.4 is 16.0 Å². The molecule has 3 N–H and O–H groups in total. The fourth-order valence-electron chi connectivity index (χ4n) is 4.08. The Kier molecular flexibility index (Phi) is 9.01. The molecule has 0 fully saturated rings. The first-order valence-electron chi connectivity index (χ1n) is 11.9. The highest BCUT2D eigenvalue weighted by Crippen LogP contribution is 2.38. The number of methoxy groups -OCH3 is 1. The molecule has 0 radical (unpaired) electrons. The molecule has 1 amide bonds. The van der Waals surface area contributed by atoms with Crippen molar-refractivity contribution in [1.82, 2.24) is 0 Å². The zero-order valence-corrected chi connectivity index (χ0v) is 22.7. The van der Waals surface area contributed by atoms with E-state index in [1.54, 1.807) is 0 Å². The van der Waals surface area contributed by atoms with Crippen LogP contribution in [0.2, 0.25) is 0 Å². The van der Waals surface area contributed by atoms with Gasteiger partial charge in [0.15, 0.2) is 5.11 Å². The van der Waals surface area contributed by atoms with Crippen molar-refractivity contribution >= 4 is 68.7 Å².